The van der Waals surface area contributed by atoms with E-state index in [1.54, 1.807) is 37.3 Å². The molecule has 2 rings (SSSR count). The van der Waals surface area contributed by atoms with E-state index in [0.717, 1.165) is 0 Å². The third-order valence-corrected chi connectivity index (χ3v) is 3.61. The fraction of sp³-hybridized carbons (Fsp3) is 0.125. The molecule has 0 aliphatic heterocycles. The van der Waals surface area contributed by atoms with Gasteiger partial charge in [0.05, 0.1) is 10.7 Å². The maximum atomic E-state index is 12.1. The summed E-state index contributed by atoms with van der Waals surface area (Å²) in [5, 5.41) is 6.44. The summed E-state index contributed by atoms with van der Waals surface area (Å²) in [6.45, 7) is 1.64. The summed E-state index contributed by atoms with van der Waals surface area (Å²) in [7, 11) is 0. The molecule has 0 spiro atoms. The number of rotatable bonds is 4. The standard InChI is InChI=1S/C16H14Cl2N2O2S/c1-10(22-12-5-3-2-4-6-12)15(21)20-16(23)19-14-9-11(17)7-8-13(14)18/h2-10H,1H3,(H2,19,20,21,23)/t10-/m0/s1. The molecule has 0 radical (unpaired) electrons. The minimum absolute atomic E-state index is 0.114. The number of hydrogen-bond donors (Lipinski definition) is 2. The van der Waals surface area contributed by atoms with Crippen LogP contribution in [0.25, 0.3) is 0 Å². The molecule has 0 aliphatic rings. The second kappa shape index (κ2) is 8.15. The third kappa shape index (κ3) is 5.39. The van der Waals surface area contributed by atoms with Crippen molar-refractivity contribution in [2.45, 2.75) is 13.0 Å². The molecule has 23 heavy (non-hydrogen) atoms. The van der Waals surface area contributed by atoms with Crippen molar-refractivity contribution in [3.05, 3.63) is 58.6 Å². The van der Waals surface area contributed by atoms with Crippen molar-refractivity contribution in [3.63, 3.8) is 0 Å². The zero-order valence-electron chi connectivity index (χ0n) is 12.2. The van der Waals surface area contributed by atoms with Gasteiger partial charge in [-0.15, -0.1) is 0 Å². The summed E-state index contributed by atoms with van der Waals surface area (Å²) in [4.78, 5) is 12.1. The van der Waals surface area contributed by atoms with E-state index in [4.69, 9.17) is 40.2 Å². The SMILES string of the molecule is C[C@H](Oc1ccccc1)C(=O)NC(=S)Nc1cc(Cl)ccc1Cl. The number of nitrogens with one attached hydrogen (secondary N) is 2. The maximum Gasteiger partial charge on any atom is 0.266 e. The van der Waals surface area contributed by atoms with E-state index in [1.807, 2.05) is 18.2 Å². The molecule has 2 N–H and O–H groups in total. The van der Waals surface area contributed by atoms with Gasteiger partial charge in [-0.05, 0) is 49.5 Å². The van der Waals surface area contributed by atoms with Gasteiger partial charge in [0.1, 0.15) is 5.75 Å². The molecule has 1 amide bonds. The summed E-state index contributed by atoms with van der Waals surface area (Å²) in [6.07, 6.45) is -0.702. The lowest BCUT2D eigenvalue weighted by Gasteiger charge is -2.16. The highest BCUT2D eigenvalue weighted by Gasteiger charge is 2.16. The third-order valence-electron chi connectivity index (χ3n) is 2.84. The Kier molecular flexibility index (Phi) is 6.21. The molecule has 2 aromatic carbocycles. The molecule has 0 unspecified atom stereocenters. The summed E-state index contributed by atoms with van der Waals surface area (Å²) in [5.41, 5.74) is 0.515. The Labute approximate surface area is 149 Å². The quantitative estimate of drug-likeness (QED) is 0.791. The van der Waals surface area contributed by atoms with Gasteiger partial charge in [-0.3, -0.25) is 10.1 Å². The van der Waals surface area contributed by atoms with Gasteiger partial charge in [0.2, 0.25) is 0 Å². The van der Waals surface area contributed by atoms with Crippen LogP contribution in [0.4, 0.5) is 5.69 Å². The molecule has 0 heterocycles. The van der Waals surface area contributed by atoms with Gasteiger partial charge in [-0.1, -0.05) is 41.4 Å². The van der Waals surface area contributed by atoms with Crippen LogP contribution in [0, 0.1) is 0 Å². The molecule has 0 aliphatic carbocycles. The molecule has 0 saturated carbocycles. The highest BCUT2D eigenvalue weighted by Crippen LogP contribution is 2.25. The van der Waals surface area contributed by atoms with Crippen LogP contribution in [0.5, 0.6) is 5.75 Å². The van der Waals surface area contributed by atoms with Gasteiger partial charge in [0.15, 0.2) is 11.2 Å². The number of carbonyl (C=O) groups excluding carboxylic acids is 1. The zero-order valence-corrected chi connectivity index (χ0v) is 14.5. The number of amides is 1. The lowest BCUT2D eigenvalue weighted by molar-refractivity contribution is -0.125. The zero-order chi connectivity index (χ0) is 16.8. The molecule has 120 valence electrons. The fourth-order valence-electron chi connectivity index (χ4n) is 1.72. The maximum absolute atomic E-state index is 12.1. The largest absolute Gasteiger partial charge is 0.481 e. The fourth-order valence-corrected chi connectivity index (χ4v) is 2.26. The molecule has 1 atom stereocenters. The van der Waals surface area contributed by atoms with E-state index >= 15 is 0 Å². The summed E-state index contributed by atoms with van der Waals surface area (Å²) >= 11 is 17.0. The van der Waals surface area contributed by atoms with Crippen LogP contribution in [0.15, 0.2) is 48.5 Å². The molecular weight excluding hydrogens is 355 g/mol. The van der Waals surface area contributed by atoms with Crippen molar-refractivity contribution in [1.29, 1.82) is 0 Å². The molecular formula is C16H14Cl2N2O2S. The number of carbonyl (C=O) groups is 1. The van der Waals surface area contributed by atoms with Crippen LogP contribution in [0.2, 0.25) is 10.0 Å². The van der Waals surface area contributed by atoms with Crippen molar-refractivity contribution >= 4 is 52.1 Å². The van der Waals surface area contributed by atoms with E-state index in [0.29, 0.717) is 21.5 Å². The van der Waals surface area contributed by atoms with Crippen molar-refractivity contribution in [2.24, 2.45) is 0 Å². The van der Waals surface area contributed by atoms with E-state index < -0.39 is 6.10 Å². The lowest BCUT2D eigenvalue weighted by atomic mass is 10.3. The minimum atomic E-state index is -0.702. The smallest absolute Gasteiger partial charge is 0.266 e. The van der Waals surface area contributed by atoms with Gasteiger partial charge < -0.3 is 10.1 Å². The van der Waals surface area contributed by atoms with Crippen molar-refractivity contribution in [1.82, 2.24) is 5.32 Å². The summed E-state index contributed by atoms with van der Waals surface area (Å²) in [5.74, 6) is 0.233. The summed E-state index contributed by atoms with van der Waals surface area (Å²) in [6, 6.07) is 14.0. The Morgan fingerprint density at radius 3 is 2.57 bits per heavy atom. The van der Waals surface area contributed by atoms with Gasteiger partial charge in [0.25, 0.3) is 5.91 Å². The highest BCUT2D eigenvalue weighted by molar-refractivity contribution is 7.80. The Bertz CT molecular complexity index is 710. The number of benzene rings is 2. The normalized spacial score (nSPS) is 11.4. The topological polar surface area (TPSA) is 50.4 Å². The van der Waals surface area contributed by atoms with Crippen LogP contribution in [0.1, 0.15) is 6.92 Å². The van der Waals surface area contributed by atoms with Crippen molar-refractivity contribution in [3.8, 4) is 5.75 Å². The van der Waals surface area contributed by atoms with Gasteiger partial charge >= 0.3 is 0 Å². The molecule has 7 heteroatoms. The molecule has 0 saturated heterocycles. The summed E-state index contributed by atoms with van der Waals surface area (Å²) < 4.78 is 5.52. The Morgan fingerprint density at radius 2 is 1.87 bits per heavy atom. The molecule has 0 fully saturated rings. The number of thiocarbonyl (C=S) groups is 1. The number of hydrogen-bond acceptors (Lipinski definition) is 3. The van der Waals surface area contributed by atoms with Crippen molar-refractivity contribution in [2.75, 3.05) is 5.32 Å². The van der Waals surface area contributed by atoms with Crippen LogP contribution in [0.3, 0.4) is 0 Å². The van der Waals surface area contributed by atoms with Gasteiger partial charge in [0, 0.05) is 5.02 Å². The first-order valence-electron chi connectivity index (χ1n) is 6.74. The monoisotopic (exact) mass is 368 g/mol. The van der Waals surface area contributed by atoms with E-state index in [1.165, 1.54) is 0 Å². The average Bonchev–Trinajstić information content (AvgIpc) is 2.51. The second-order valence-corrected chi connectivity index (χ2v) is 5.89. The van der Waals surface area contributed by atoms with Gasteiger partial charge in [-0.25, -0.2) is 0 Å². The second-order valence-electron chi connectivity index (χ2n) is 4.64. The average molecular weight is 369 g/mol. The van der Waals surface area contributed by atoms with Crippen LogP contribution in [-0.4, -0.2) is 17.1 Å². The molecule has 0 aromatic heterocycles. The van der Waals surface area contributed by atoms with Crippen molar-refractivity contribution < 1.29 is 9.53 Å². The molecule has 2 aromatic rings. The van der Waals surface area contributed by atoms with E-state index in [-0.39, 0.29) is 11.0 Å². The first kappa shape index (κ1) is 17.5. The predicted molar refractivity (Wildman–Crippen MR) is 97.4 cm³/mol. The van der Waals surface area contributed by atoms with Gasteiger partial charge in [-0.2, -0.15) is 0 Å². The highest BCUT2D eigenvalue weighted by atomic mass is 35.5. The molecule has 0 bridgehead atoms. The molecule has 4 nitrogen and oxygen atoms in total. The number of halogens is 2. The minimum Gasteiger partial charge on any atom is -0.481 e. The lowest BCUT2D eigenvalue weighted by Crippen LogP contribution is -2.42. The first-order chi connectivity index (χ1) is 11.0. The van der Waals surface area contributed by atoms with E-state index in [2.05, 4.69) is 10.6 Å². The number of para-hydroxylation sites is 1. The Balaban J connectivity index is 1.91. The van der Waals surface area contributed by atoms with Crippen LogP contribution < -0.4 is 15.4 Å². The number of ether oxygens (including phenoxy) is 1. The predicted octanol–water partition coefficient (Wildman–Crippen LogP) is 4.27. The Hall–Kier alpha value is -1.82. The van der Waals surface area contributed by atoms with E-state index in [9.17, 15) is 4.79 Å². The van der Waals surface area contributed by atoms with Crippen LogP contribution in [-0.2, 0) is 4.79 Å². The number of anilines is 1. The Morgan fingerprint density at radius 1 is 1.17 bits per heavy atom. The first-order valence-corrected chi connectivity index (χ1v) is 7.90. The van der Waals surface area contributed by atoms with Crippen LogP contribution >= 0.6 is 35.4 Å².